The van der Waals surface area contributed by atoms with Crippen LogP contribution in [0.15, 0.2) is 54.6 Å². The zero-order chi connectivity index (χ0) is 18.4. The number of rotatable bonds is 6. The summed E-state index contributed by atoms with van der Waals surface area (Å²) >= 11 is 0. The molecule has 1 heterocycles. The molecule has 26 heavy (non-hydrogen) atoms. The maximum Gasteiger partial charge on any atom is 0.225 e. The Morgan fingerprint density at radius 1 is 1.12 bits per heavy atom. The monoisotopic (exact) mass is 353 g/mol. The first-order valence-corrected chi connectivity index (χ1v) is 9.15. The summed E-state index contributed by atoms with van der Waals surface area (Å²) in [5.74, 6) is -0.328. The van der Waals surface area contributed by atoms with E-state index in [1.807, 2.05) is 49.4 Å². The van der Waals surface area contributed by atoms with Gasteiger partial charge in [-0.2, -0.15) is 0 Å². The number of hydrogen-bond donors (Lipinski definition) is 2. The van der Waals surface area contributed by atoms with Crippen LogP contribution in [0.1, 0.15) is 24.1 Å². The molecule has 0 radical (unpaired) electrons. The minimum Gasteiger partial charge on any atom is -0.378 e. The lowest BCUT2D eigenvalue weighted by atomic mass is 9.94. The molecule has 3 rings (SSSR count). The van der Waals surface area contributed by atoms with Crippen LogP contribution in [-0.2, 0) is 16.1 Å². The molecule has 5 heteroatoms. The molecule has 0 aromatic heterocycles. The highest BCUT2D eigenvalue weighted by atomic mass is 16.5. The van der Waals surface area contributed by atoms with Crippen LogP contribution in [0.2, 0.25) is 0 Å². The quantitative estimate of drug-likeness (QED) is 0.837. The predicted octanol–water partition coefficient (Wildman–Crippen LogP) is 2.48. The van der Waals surface area contributed by atoms with Crippen LogP contribution in [0.3, 0.4) is 0 Å². The first-order chi connectivity index (χ1) is 12.7. The van der Waals surface area contributed by atoms with Crippen molar-refractivity contribution in [2.45, 2.75) is 19.5 Å². The molecule has 2 unspecified atom stereocenters. The number of nitrogens with one attached hydrogen (secondary N) is 1. The van der Waals surface area contributed by atoms with Gasteiger partial charge in [-0.3, -0.25) is 4.79 Å². The summed E-state index contributed by atoms with van der Waals surface area (Å²) < 4.78 is 5.43. The van der Waals surface area contributed by atoms with Gasteiger partial charge in [0.1, 0.15) is 0 Å². The summed E-state index contributed by atoms with van der Waals surface area (Å²) in [4.78, 5) is 14.9. The Kier molecular flexibility index (Phi) is 6.26. The van der Waals surface area contributed by atoms with E-state index in [0.717, 1.165) is 43.1 Å². The van der Waals surface area contributed by atoms with Gasteiger partial charge in [0.2, 0.25) is 5.91 Å². The molecule has 1 amide bonds. The average Bonchev–Trinajstić information content (AvgIpc) is 2.72. The van der Waals surface area contributed by atoms with Gasteiger partial charge in [0, 0.05) is 31.4 Å². The van der Waals surface area contributed by atoms with Gasteiger partial charge in [-0.25, -0.2) is 0 Å². The van der Waals surface area contributed by atoms with E-state index in [1.165, 1.54) is 0 Å². The third kappa shape index (κ3) is 4.42. The molecular weight excluding hydrogens is 326 g/mol. The molecule has 1 fully saturated rings. The van der Waals surface area contributed by atoms with Gasteiger partial charge in [0.25, 0.3) is 0 Å². The van der Waals surface area contributed by atoms with Crippen molar-refractivity contribution in [1.29, 1.82) is 0 Å². The second kappa shape index (κ2) is 8.83. The van der Waals surface area contributed by atoms with Crippen molar-refractivity contribution in [2.75, 3.05) is 31.2 Å². The average molecular weight is 353 g/mol. The zero-order valence-electron chi connectivity index (χ0n) is 15.2. The normalized spacial score (nSPS) is 16.8. The van der Waals surface area contributed by atoms with E-state index in [2.05, 4.69) is 22.3 Å². The number of ether oxygens (including phenoxy) is 1. The number of hydrogen-bond acceptors (Lipinski definition) is 4. The number of nitrogens with zero attached hydrogens (tertiary/aromatic N) is 1. The highest BCUT2D eigenvalue weighted by molar-refractivity contribution is 5.79. The Bertz CT molecular complexity index is 714. The molecule has 0 spiro atoms. The van der Waals surface area contributed by atoms with Crippen LogP contribution >= 0.6 is 0 Å². The molecule has 0 saturated carbocycles. The molecule has 2 atom stereocenters. The van der Waals surface area contributed by atoms with Gasteiger partial charge >= 0.3 is 0 Å². The molecule has 2 aromatic rings. The number of nitrogens with two attached hydrogens (primary N) is 1. The second-order valence-corrected chi connectivity index (χ2v) is 6.67. The Balaban J connectivity index is 1.62. The molecule has 1 aliphatic heterocycles. The van der Waals surface area contributed by atoms with E-state index < -0.39 is 0 Å². The molecular formula is C21H27N3O2. The molecule has 1 saturated heterocycles. The maximum atomic E-state index is 12.6. The summed E-state index contributed by atoms with van der Waals surface area (Å²) in [6.45, 7) is 5.60. The topological polar surface area (TPSA) is 67.6 Å². The molecule has 3 N–H and O–H groups in total. The van der Waals surface area contributed by atoms with E-state index in [4.69, 9.17) is 10.5 Å². The SMILES string of the molecule is CC(C(=O)NCc1ccccc1N1CCOCC1)C(N)c1ccccc1. The summed E-state index contributed by atoms with van der Waals surface area (Å²) in [5, 5.41) is 3.05. The van der Waals surface area contributed by atoms with Crippen LogP contribution in [0.5, 0.6) is 0 Å². The Hall–Kier alpha value is -2.37. The fourth-order valence-electron chi connectivity index (χ4n) is 3.24. The van der Waals surface area contributed by atoms with Gasteiger partial charge in [0.05, 0.1) is 19.1 Å². The minimum absolute atomic E-state index is 0.0295. The van der Waals surface area contributed by atoms with Crippen LogP contribution in [-0.4, -0.2) is 32.2 Å². The van der Waals surface area contributed by atoms with E-state index >= 15 is 0 Å². The van der Waals surface area contributed by atoms with Gasteiger partial charge in [-0.15, -0.1) is 0 Å². The lowest BCUT2D eigenvalue weighted by Gasteiger charge is -2.30. The van der Waals surface area contributed by atoms with Crippen LogP contribution in [0, 0.1) is 5.92 Å². The molecule has 1 aliphatic rings. The fourth-order valence-corrected chi connectivity index (χ4v) is 3.24. The van der Waals surface area contributed by atoms with Gasteiger partial charge < -0.3 is 20.7 Å². The van der Waals surface area contributed by atoms with Crippen molar-refractivity contribution < 1.29 is 9.53 Å². The second-order valence-electron chi connectivity index (χ2n) is 6.67. The lowest BCUT2D eigenvalue weighted by Crippen LogP contribution is -2.38. The summed E-state index contributed by atoms with van der Waals surface area (Å²) in [6.07, 6.45) is 0. The van der Waals surface area contributed by atoms with Crippen molar-refractivity contribution in [3.63, 3.8) is 0 Å². The molecule has 2 aromatic carbocycles. The van der Waals surface area contributed by atoms with Gasteiger partial charge in [-0.1, -0.05) is 55.5 Å². The number of amides is 1. The lowest BCUT2D eigenvalue weighted by molar-refractivity contribution is -0.125. The first-order valence-electron chi connectivity index (χ1n) is 9.15. The van der Waals surface area contributed by atoms with Crippen LogP contribution < -0.4 is 16.0 Å². The fraction of sp³-hybridized carbons (Fsp3) is 0.381. The van der Waals surface area contributed by atoms with E-state index in [-0.39, 0.29) is 17.9 Å². The van der Waals surface area contributed by atoms with Crippen LogP contribution in [0.25, 0.3) is 0 Å². The third-order valence-electron chi connectivity index (χ3n) is 4.93. The number of carbonyl (C=O) groups is 1. The highest BCUT2D eigenvalue weighted by Gasteiger charge is 2.22. The largest absolute Gasteiger partial charge is 0.378 e. The van der Waals surface area contributed by atoms with Gasteiger partial charge in [-0.05, 0) is 17.2 Å². The minimum atomic E-state index is -0.314. The smallest absolute Gasteiger partial charge is 0.225 e. The number of morpholine rings is 1. The van der Waals surface area contributed by atoms with Crippen molar-refractivity contribution in [3.05, 3.63) is 65.7 Å². The van der Waals surface area contributed by atoms with Crippen molar-refractivity contribution in [2.24, 2.45) is 11.7 Å². The maximum absolute atomic E-state index is 12.6. The third-order valence-corrected chi connectivity index (χ3v) is 4.93. The molecule has 138 valence electrons. The van der Waals surface area contributed by atoms with Gasteiger partial charge in [0.15, 0.2) is 0 Å². The molecule has 0 bridgehead atoms. The zero-order valence-corrected chi connectivity index (χ0v) is 15.2. The summed E-state index contributed by atoms with van der Waals surface area (Å²) in [5.41, 5.74) is 9.53. The highest BCUT2D eigenvalue weighted by Crippen LogP contribution is 2.22. The number of para-hydroxylation sites is 1. The van der Waals surface area contributed by atoms with Crippen molar-refractivity contribution in [1.82, 2.24) is 5.32 Å². The van der Waals surface area contributed by atoms with Crippen molar-refractivity contribution >= 4 is 11.6 Å². The van der Waals surface area contributed by atoms with Crippen LogP contribution in [0.4, 0.5) is 5.69 Å². The number of anilines is 1. The van der Waals surface area contributed by atoms with E-state index in [1.54, 1.807) is 0 Å². The first kappa shape index (κ1) is 18.4. The standard InChI is InChI=1S/C21H27N3O2/c1-16(20(22)17-7-3-2-4-8-17)21(25)23-15-18-9-5-6-10-19(18)24-11-13-26-14-12-24/h2-10,16,20H,11-15,22H2,1H3,(H,23,25). The summed E-state index contributed by atoms with van der Waals surface area (Å²) in [6, 6.07) is 17.6. The number of benzene rings is 2. The van der Waals surface area contributed by atoms with E-state index in [0.29, 0.717) is 6.54 Å². The molecule has 5 nitrogen and oxygen atoms in total. The van der Waals surface area contributed by atoms with E-state index in [9.17, 15) is 4.79 Å². The summed E-state index contributed by atoms with van der Waals surface area (Å²) in [7, 11) is 0. The molecule has 0 aliphatic carbocycles. The Morgan fingerprint density at radius 2 is 1.77 bits per heavy atom. The predicted molar refractivity (Wildman–Crippen MR) is 104 cm³/mol. The van der Waals surface area contributed by atoms with Crippen molar-refractivity contribution in [3.8, 4) is 0 Å². The number of carbonyl (C=O) groups excluding carboxylic acids is 1. The Labute approximate surface area is 155 Å². The Morgan fingerprint density at radius 3 is 2.50 bits per heavy atom.